The second-order valence-electron chi connectivity index (χ2n) is 2.12. The number of hydrogen-bond acceptors (Lipinski definition) is 1. The second-order valence-corrected chi connectivity index (χ2v) is 2.12. The highest BCUT2D eigenvalue weighted by Gasteiger charge is 2.09. The van der Waals surface area contributed by atoms with Gasteiger partial charge in [-0.25, -0.2) is 5.11 Å². The molecular weight excluding hydrogens is 104 g/mol. The van der Waals surface area contributed by atoms with Crippen molar-refractivity contribution in [3.63, 3.8) is 0 Å². The van der Waals surface area contributed by atoms with E-state index in [1.807, 2.05) is 13.8 Å². The van der Waals surface area contributed by atoms with E-state index >= 15 is 0 Å². The molecule has 0 saturated carbocycles. The molecule has 0 rings (SSSR count). The Balaban J connectivity index is 3.29. The van der Waals surface area contributed by atoms with Gasteiger partial charge < -0.3 is 5.11 Å². The molecule has 2 nitrogen and oxygen atoms in total. The Morgan fingerprint density at radius 3 is 2.25 bits per heavy atom. The summed E-state index contributed by atoms with van der Waals surface area (Å²) in [6.07, 6.45) is 0.239. The van der Waals surface area contributed by atoms with Gasteiger partial charge in [0.25, 0.3) is 0 Å². The van der Waals surface area contributed by atoms with Crippen LogP contribution in [-0.4, -0.2) is 17.8 Å². The molecule has 1 N–H and O–H groups in total. The quantitative estimate of drug-likeness (QED) is 0.584. The van der Waals surface area contributed by atoms with E-state index in [2.05, 4.69) is 0 Å². The van der Waals surface area contributed by atoms with Crippen molar-refractivity contribution < 1.29 is 10.2 Å². The standard InChI is InChI=1S/C6H13O2/c1-3-5(2)6(8)4-7/h5-6,8H,3-4H2,1-2H3. The van der Waals surface area contributed by atoms with E-state index in [0.717, 1.165) is 6.42 Å². The highest BCUT2D eigenvalue weighted by Crippen LogP contribution is 2.05. The normalized spacial score (nSPS) is 18.0. The van der Waals surface area contributed by atoms with Crippen molar-refractivity contribution in [2.24, 2.45) is 5.92 Å². The average molecular weight is 117 g/mol. The second kappa shape index (κ2) is 3.87. The number of rotatable bonds is 3. The maximum atomic E-state index is 9.98. The van der Waals surface area contributed by atoms with Gasteiger partial charge in [0.2, 0.25) is 0 Å². The predicted molar refractivity (Wildman–Crippen MR) is 31.0 cm³/mol. The summed E-state index contributed by atoms with van der Waals surface area (Å²) in [6, 6.07) is 0. The van der Waals surface area contributed by atoms with Crippen molar-refractivity contribution in [3.8, 4) is 0 Å². The van der Waals surface area contributed by atoms with Crippen molar-refractivity contribution in [2.75, 3.05) is 6.61 Å². The highest BCUT2D eigenvalue weighted by atomic mass is 16.3. The van der Waals surface area contributed by atoms with Crippen LogP contribution in [0.1, 0.15) is 20.3 Å². The smallest absolute Gasteiger partial charge is 0.108 e. The molecule has 0 aliphatic carbocycles. The molecule has 0 aromatic rings. The van der Waals surface area contributed by atoms with Crippen LogP contribution in [0.5, 0.6) is 0 Å². The predicted octanol–water partition coefficient (Wildman–Crippen LogP) is 0.824. The minimum absolute atomic E-state index is 0.160. The third kappa shape index (κ3) is 2.28. The summed E-state index contributed by atoms with van der Waals surface area (Å²) in [5.74, 6) is 0.160. The van der Waals surface area contributed by atoms with Crippen molar-refractivity contribution in [1.82, 2.24) is 0 Å². The molecule has 8 heavy (non-hydrogen) atoms. The molecule has 2 heteroatoms. The van der Waals surface area contributed by atoms with Crippen LogP contribution in [0.15, 0.2) is 0 Å². The lowest BCUT2D eigenvalue weighted by Gasteiger charge is -2.11. The molecule has 2 unspecified atom stereocenters. The van der Waals surface area contributed by atoms with E-state index < -0.39 is 6.10 Å². The third-order valence-corrected chi connectivity index (χ3v) is 1.47. The molecule has 0 aromatic heterocycles. The number of aliphatic hydroxyl groups is 1. The molecular formula is C6H13O2. The van der Waals surface area contributed by atoms with Crippen LogP contribution in [0, 0.1) is 5.92 Å². The van der Waals surface area contributed by atoms with E-state index in [0.29, 0.717) is 0 Å². The summed E-state index contributed by atoms with van der Waals surface area (Å²) in [5.41, 5.74) is 0. The summed E-state index contributed by atoms with van der Waals surface area (Å²) in [5, 5.41) is 18.8. The van der Waals surface area contributed by atoms with Crippen molar-refractivity contribution in [2.45, 2.75) is 26.4 Å². The lowest BCUT2D eigenvalue weighted by atomic mass is 10.0. The summed E-state index contributed by atoms with van der Waals surface area (Å²) in [6.45, 7) is 3.47. The van der Waals surface area contributed by atoms with Gasteiger partial charge in [-0.05, 0) is 5.92 Å². The maximum absolute atomic E-state index is 9.98. The molecule has 0 aromatic carbocycles. The fraction of sp³-hybridized carbons (Fsp3) is 1.00. The van der Waals surface area contributed by atoms with Gasteiger partial charge in [0.1, 0.15) is 6.61 Å². The van der Waals surface area contributed by atoms with Crippen LogP contribution < -0.4 is 0 Å². The molecule has 0 aliphatic heterocycles. The lowest BCUT2D eigenvalue weighted by molar-refractivity contribution is 0.0209. The first-order valence-corrected chi connectivity index (χ1v) is 2.98. The highest BCUT2D eigenvalue weighted by molar-refractivity contribution is 4.59. The molecule has 0 heterocycles. The van der Waals surface area contributed by atoms with Crippen molar-refractivity contribution >= 4 is 0 Å². The topological polar surface area (TPSA) is 40.1 Å². The summed E-state index contributed by atoms with van der Waals surface area (Å²) in [4.78, 5) is 0. The van der Waals surface area contributed by atoms with Crippen LogP contribution in [0.3, 0.4) is 0 Å². The van der Waals surface area contributed by atoms with E-state index in [-0.39, 0.29) is 12.5 Å². The molecule has 0 spiro atoms. The van der Waals surface area contributed by atoms with Crippen LogP contribution in [-0.2, 0) is 5.11 Å². The van der Waals surface area contributed by atoms with Crippen molar-refractivity contribution in [3.05, 3.63) is 0 Å². The Bertz CT molecular complexity index is 46.5. The maximum Gasteiger partial charge on any atom is 0.108 e. The number of hydrogen-bond donors (Lipinski definition) is 1. The monoisotopic (exact) mass is 117 g/mol. The van der Waals surface area contributed by atoms with Gasteiger partial charge in [-0.1, -0.05) is 20.3 Å². The van der Waals surface area contributed by atoms with Gasteiger partial charge in [-0.15, -0.1) is 0 Å². The molecule has 1 radical (unpaired) electrons. The van der Waals surface area contributed by atoms with Crippen LogP contribution in [0.25, 0.3) is 0 Å². The van der Waals surface area contributed by atoms with Gasteiger partial charge in [0, 0.05) is 0 Å². The SMILES string of the molecule is CCC(C)C(O)C[O]. The first-order valence-electron chi connectivity index (χ1n) is 2.98. The Morgan fingerprint density at radius 2 is 2.12 bits per heavy atom. The van der Waals surface area contributed by atoms with Gasteiger partial charge >= 0.3 is 0 Å². The fourth-order valence-electron chi connectivity index (χ4n) is 0.436. The van der Waals surface area contributed by atoms with Crippen LogP contribution in [0.2, 0.25) is 0 Å². The van der Waals surface area contributed by atoms with E-state index in [1.54, 1.807) is 0 Å². The molecule has 0 bridgehead atoms. The Morgan fingerprint density at radius 1 is 1.62 bits per heavy atom. The zero-order valence-corrected chi connectivity index (χ0v) is 5.42. The molecule has 49 valence electrons. The summed E-state index contributed by atoms with van der Waals surface area (Å²) in [7, 11) is 0. The molecule has 0 aliphatic rings. The van der Waals surface area contributed by atoms with Gasteiger partial charge in [-0.2, -0.15) is 0 Å². The first-order chi connectivity index (χ1) is 3.72. The van der Waals surface area contributed by atoms with Crippen molar-refractivity contribution in [1.29, 1.82) is 0 Å². The van der Waals surface area contributed by atoms with Gasteiger partial charge in [-0.3, -0.25) is 0 Å². The van der Waals surface area contributed by atoms with E-state index in [4.69, 9.17) is 5.11 Å². The summed E-state index contributed by atoms with van der Waals surface area (Å²) >= 11 is 0. The fourth-order valence-corrected chi connectivity index (χ4v) is 0.436. The molecule has 2 atom stereocenters. The van der Waals surface area contributed by atoms with E-state index in [1.165, 1.54) is 0 Å². The first kappa shape index (κ1) is 7.92. The molecule has 0 fully saturated rings. The molecule has 0 saturated heterocycles. The lowest BCUT2D eigenvalue weighted by Crippen LogP contribution is -2.19. The zero-order chi connectivity index (χ0) is 6.57. The Kier molecular flexibility index (Phi) is 3.83. The zero-order valence-electron chi connectivity index (χ0n) is 5.42. The Hall–Kier alpha value is -0.0800. The largest absolute Gasteiger partial charge is 0.390 e. The minimum atomic E-state index is -0.639. The van der Waals surface area contributed by atoms with E-state index in [9.17, 15) is 5.11 Å². The van der Waals surface area contributed by atoms with Crippen LogP contribution in [0.4, 0.5) is 0 Å². The van der Waals surface area contributed by atoms with Crippen LogP contribution >= 0.6 is 0 Å². The number of aliphatic hydroxyl groups excluding tert-OH is 1. The van der Waals surface area contributed by atoms with Gasteiger partial charge in [0.05, 0.1) is 6.10 Å². The van der Waals surface area contributed by atoms with Gasteiger partial charge in [0.15, 0.2) is 0 Å². The molecule has 0 amide bonds. The summed E-state index contributed by atoms with van der Waals surface area (Å²) < 4.78 is 0. The average Bonchev–Trinajstić information content (AvgIpc) is 1.84. The Labute approximate surface area is 50.2 Å². The third-order valence-electron chi connectivity index (χ3n) is 1.47. The minimum Gasteiger partial charge on any atom is -0.390 e.